The first kappa shape index (κ1) is 19.6. The predicted molar refractivity (Wildman–Crippen MR) is 86.3 cm³/mol. The Labute approximate surface area is 116 Å². The zero-order valence-corrected chi connectivity index (χ0v) is 13.7. The molecule has 0 aliphatic heterocycles. The van der Waals surface area contributed by atoms with E-state index in [0.29, 0.717) is 0 Å². The summed E-state index contributed by atoms with van der Waals surface area (Å²) in [5, 5.41) is 0. The van der Waals surface area contributed by atoms with Gasteiger partial charge in [-0.15, -0.1) is 0 Å². The van der Waals surface area contributed by atoms with E-state index in [-0.39, 0.29) is 0 Å². The van der Waals surface area contributed by atoms with Gasteiger partial charge in [-0.1, -0.05) is 72.7 Å². The van der Waals surface area contributed by atoms with Gasteiger partial charge in [0.05, 0.1) is 0 Å². The van der Waals surface area contributed by atoms with Crippen LogP contribution >= 0.6 is 0 Å². The lowest BCUT2D eigenvalue weighted by molar-refractivity contribution is 0.685. The van der Waals surface area contributed by atoms with E-state index in [4.69, 9.17) is 0 Å². The number of aryl methyl sites for hydroxylation is 2. The third kappa shape index (κ3) is 10.4. The minimum absolute atomic E-state index is 0.833. The van der Waals surface area contributed by atoms with Crippen molar-refractivity contribution in [1.82, 2.24) is 0 Å². The van der Waals surface area contributed by atoms with Gasteiger partial charge in [-0.25, -0.2) is 0 Å². The van der Waals surface area contributed by atoms with Gasteiger partial charge in [-0.2, -0.15) is 0 Å². The molecule has 106 valence electrons. The molecule has 0 saturated carbocycles. The molecule has 0 spiro atoms. The molecule has 0 saturated heterocycles. The molecule has 0 N–H and O–H groups in total. The van der Waals surface area contributed by atoms with Crippen LogP contribution in [-0.4, -0.2) is 0 Å². The highest BCUT2D eigenvalue weighted by Crippen LogP contribution is 2.19. The van der Waals surface area contributed by atoms with Crippen LogP contribution in [0.2, 0.25) is 0 Å². The molecule has 0 unspecified atom stereocenters. The zero-order valence-electron chi connectivity index (χ0n) is 13.7. The van der Waals surface area contributed by atoms with E-state index >= 15 is 0 Å². The first-order chi connectivity index (χ1) is 8.70. The number of hydrogen-bond acceptors (Lipinski definition) is 0. The van der Waals surface area contributed by atoms with E-state index in [1.807, 2.05) is 27.7 Å². The summed E-state index contributed by atoms with van der Waals surface area (Å²) >= 11 is 0. The normalized spacial score (nSPS) is 11.8. The molecular weight excluding hydrogens is 216 g/mol. The van der Waals surface area contributed by atoms with Gasteiger partial charge in [0.1, 0.15) is 0 Å². The maximum Gasteiger partial charge on any atom is -0.0276 e. The summed E-state index contributed by atoms with van der Waals surface area (Å²) in [6.07, 6.45) is 5.38. The maximum absolute atomic E-state index is 2.26. The summed E-state index contributed by atoms with van der Waals surface area (Å²) in [4.78, 5) is 0. The third-order valence-corrected chi connectivity index (χ3v) is 2.26. The number of benzene rings is 1. The van der Waals surface area contributed by atoms with Crippen molar-refractivity contribution in [3.05, 3.63) is 35.4 Å². The lowest BCUT2D eigenvalue weighted by Gasteiger charge is -2.13. The summed E-state index contributed by atoms with van der Waals surface area (Å²) in [7, 11) is 0. The van der Waals surface area contributed by atoms with Crippen LogP contribution in [0, 0.1) is 5.92 Å². The number of fused-ring (bicyclic) bond motifs is 1. The van der Waals surface area contributed by atoms with Crippen molar-refractivity contribution in [2.75, 3.05) is 0 Å². The second-order valence-electron chi connectivity index (χ2n) is 4.71. The quantitative estimate of drug-likeness (QED) is 0.508. The van der Waals surface area contributed by atoms with Gasteiger partial charge in [-0.05, 0) is 42.7 Å². The summed E-state index contributed by atoms with van der Waals surface area (Å²) in [5.41, 5.74) is 3.16. The van der Waals surface area contributed by atoms with Crippen molar-refractivity contribution >= 4 is 0 Å². The van der Waals surface area contributed by atoms with Crippen molar-refractivity contribution in [2.45, 2.75) is 74.1 Å². The molecule has 1 aliphatic carbocycles. The maximum atomic E-state index is 2.26. The average Bonchev–Trinajstić information content (AvgIpc) is 2.43. The molecule has 0 heterocycles. The molecule has 1 aliphatic rings. The predicted octanol–water partition coefficient (Wildman–Crippen LogP) is 6.28. The first-order valence-corrected chi connectivity index (χ1v) is 7.77. The van der Waals surface area contributed by atoms with Gasteiger partial charge in [0.25, 0.3) is 0 Å². The monoisotopic (exact) mass is 250 g/mol. The molecule has 1 aromatic carbocycles. The fourth-order valence-electron chi connectivity index (χ4n) is 1.68. The van der Waals surface area contributed by atoms with Crippen LogP contribution < -0.4 is 0 Å². The smallest absolute Gasteiger partial charge is 0.0276 e. The lowest BCUT2D eigenvalue weighted by Crippen LogP contribution is -2.00. The van der Waals surface area contributed by atoms with E-state index in [0.717, 1.165) is 5.92 Å². The van der Waals surface area contributed by atoms with Crippen molar-refractivity contribution < 1.29 is 0 Å². The molecule has 0 aromatic heterocycles. The molecule has 0 fully saturated rings. The molecule has 0 nitrogen and oxygen atoms in total. The number of hydrogen-bond donors (Lipinski definition) is 0. The van der Waals surface area contributed by atoms with Crippen molar-refractivity contribution in [3.63, 3.8) is 0 Å². The standard InChI is InChI=1S/C10H12.C4H10.2C2H6/c1-2-6-10-8-4-3-7-9(10)5-1;1-4(2)3;2*1-2/h1-2,5-6H,3-4,7-8H2;4H,1-3H3;2*1-2H3. The summed E-state index contributed by atoms with van der Waals surface area (Å²) in [6, 6.07) is 8.80. The van der Waals surface area contributed by atoms with E-state index in [9.17, 15) is 0 Å². The third-order valence-electron chi connectivity index (χ3n) is 2.26. The van der Waals surface area contributed by atoms with E-state index in [2.05, 4.69) is 45.0 Å². The highest BCUT2D eigenvalue weighted by Gasteiger charge is 2.05. The van der Waals surface area contributed by atoms with Crippen LogP contribution in [0.25, 0.3) is 0 Å². The van der Waals surface area contributed by atoms with Gasteiger partial charge >= 0.3 is 0 Å². The Bertz CT molecular complexity index is 233. The first-order valence-electron chi connectivity index (χ1n) is 7.77. The topological polar surface area (TPSA) is 0 Å². The Hall–Kier alpha value is -0.780. The molecule has 18 heavy (non-hydrogen) atoms. The molecule has 0 atom stereocenters. The SMILES string of the molecule is CC.CC.CC(C)C.c1ccc2c(c1)CCCC2. The van der Waals surface area contributed by atoms with Crippen LogP contribution in [0.3, 0.4) is 0 Å². The molecule has 0 bridgehead atoms. The Balaban J connectivity index is 0. The fraction of sp³-hybridized carbons (Fsp3) is 0.667. The van der Waals surface area contributed by atoms with Gasteiger partial charge in [0.15, 0.2) is 0 Å². The number of rotatable bonds is 0. The zero-order chi connectivity index (χ0) is 14.4. The van der Waals surface area contributed by atoms with Gasteiger partial charge in [0, 0.05) is 0 Å². The molecule has 0 amide bonds. The lowest BCUT2D eigenvalue weighted by atomic mass is 9.92. The average molecular weight is 250 g/mol. The van der Waals surface area contributed by atoms with E-state index < -0.39 is 0 Å². The van der Waals surface area contributed by atoms with Crippen LogP contribution in [0.5, 0.6) is 0 Å². The summed E-state index contributed by atoms with van der Waals surface area (Å²) in [6.45, 7) is 14.5. The van der Waals surface area contributed by atoms with Crippen LogP contribution in [-0.2, 0) is 12.8 Å². The Morgan fingerprint density at radius 1 is 0.722 bits per heavy atom. The van der Waals surface area contributed by atoms with Crippen LogP contribution in [0.4, 0.5) is 0 Å². The molecule has 0 heteroatoms. The fourth-order valence-corrected chi connectivity index (χ4v) is 1.68. The van der Waals surface area contributed by atoms with E-state index in [1.54, 1.807) is 11.1 Å². The highest BCUT2D eigenvalue weighted by atomic mass is 14.1. The Morgan fingerprint density at radius 2 is 1.00 bits per heavy atom. The summed E-state index contributed by atoms with van der Waals surface area (Å²) in [5.74, 6) is 0.833. The second-order valence-corrected chi connectivity index (χ2v) is 4.71. The highest BCUT2D eigenvalue weighted by molar-refractivity contribution is 5.28. The van der Waals surface area contributed by atoms with Crippen molar-refractivity contribution in [1.29, 1.82) is 0 Å². The second kappa shape index (κ2) is 14.3. The van der Waals surface area contributed by atoms with Crippen LogP contribution in [0.15, 0.2) is 24.3 Å². The summed E-state index contributed by atoms with van der Waals surface area (Å²) < 4.78 is 0. The minimum Gasteiger partial charge on any atom is -0.0683 e. The van der Waals surface area contributed by atoms with E-state index in [1.165, 1.54) is 25.7 Å². The molecular formula is C18H34. The van der Waals surface area contributed by atoms with Gasteiger partial charge in [0.2, 0.25) is 0 Å². The van der Waals surface area contributed by atoms with Gasteiger partial charge < -0.3 is 0 Å². The van der Waals surface area contributed by atoms with Crippen molar-refractivity contribution in [2.24, 2.45) is 5.92 Å². The largest absolute Gasteiger partial charge is 0.0683 e. The van der Waals surface area contributed by atoms with Gasteiger partial charge in [-0.3, -0.25) is 0 Å². The Morgan fingerprint density at radius 3 is 1.28 bits per heavy atom. The minimum atomic E-state index is 0.833. The van der Waals surface area contributed by atoms with Crippen molar-refractivity contribution in [3.8, 4) is 0 Å². The molecule has 2 rings (SSSR count). The molecule has 1 aromatic rings. The Kier molecular flexibility index (Phi) is 15.5. The van der Waals surface area contributed by atoms with Crippen LogP contribution in [0.1, 0.15) is 72.4 Å². The molecule has 0 radical (unpaired) electrons.